The van der Waals surface area contributed by atoms with E-state index in [1.165, 1.54) is 16.9 Å². The van der Waals surface area contributed by atoms with Crippen LogP contribution in [-0.2, 0) is 4.79 Å². The molecule has 0 aliphatic heterocycles. The minimum atomic E-state index is -0.836. The molecule has 2 aromatic rings. The van der Waals surface area contributed by atoms with Crippen molar-refractivity contribution in [2.45, 2.75) is 19.8 Å². The summed E-state index contributed by atoms with van der Waals surface area (Å²) in [5, 5.41) is 10.6. The zero-order valence-electron chi connectivity index (χ0n) is 12.7. The van der Waals surface area contributed by atoms with Gasteiger partial charge in [-0.05, 0) is 30.4 Å². The fraction of sp³-hybridized carbons (Fsp3) is 0.294. The lowest BCUT2D eigenvalue weighted by molar-refractivity contribution is -0.137. The van der Waals surface area contributed by atoms with Gasteiger partial charge >= 0.3 is 5.97 Å². The number of thiophene rings is 1. The molecule has 0 spiro atoms. The molecule has 0 radical (unpaired) electrons. The minimum Gasteiger partial charge on any atom is -0.481 e. The molecule has 0 atom stereocenters. The summed E-state index contributed by atoms with van der Waals surface area (Å²) in [7, 11) is 1.71. The van der Waals surface area contributed by atoms with Crippen molar-refractivity contribution in [3.63, 3.8) is 0 Å². The van der Waals surface area contributed by atoms with Crippen LogP contribution in [0.5, 0.6) is 0 Å². The van der Waals surface area contributed by atoms with Crippen molar-refractivity contribution >= 4 is 23.2 Å². The normalized spacial score (nSPS) is 10.5. The summed E-state index contributed by atoms with van der Waals surface area (Å²) in [4.78, 5) is 25.4. The lowest BCUT2D eigenvalue weighted by atomic mass is 10.0. The molecule has 1 aromatic carbocycles. The maximum Gasteiger partial charge on any atom is 0.303 e. The predicted molar refractivity (Wildman–Crippen MR) is 88.3 cm³/mol. The number of amides is 1. The Morgan fingerprint density at radius 2 is 1.86 bits per heavy atom. The summed E-state index contributed by atoms with van der Waals surface area (Å²) in [6, 6.07) is 10.0. The van der Waals surface area contributed by atoms with E-state index in [0.717, 1.165) is 11.1 Å². The van der Waals surface area contributed by atoms with Gasteiger partial charge in [0.2, 0.25) is 0 Å². The van der Waals surface area contributed by atoms with Crippen molar-refractivity contribution < 1.29 is 14.7 Å². The van der Waals surface area contributed by atoms with E-state index in [9.17, 15) is 9.59 Å². The first-order valence-electron chi connectivity index (χ1n) is 7.11. The second-order valence-corrected chi connectivity index (χ2v) is 6.17. The molecule has 22 heavy (non-hydrogen) atoms. The van der Waals surface area contributed by atoms with Crippen LogP contribution >= 0.6 is 11.3 Å². The van der Waals surface area contributed by atoms with Gasteiger partial charge in [-0.3, -0.25) is 9.59 Å². The first-order valence-corrected chi connectivity index (χ1v) is 7.99. The van der Waals surface area contributed by atoms with Gasteiger partial charge in [-0.25, -0.2) is 0 Å². The van der Waals surface area contributed by atoms with Crippen molar-refractivity contribution in [1.29, 1.82) is 0 Å². The van der Waals surface area contributed by atoms with E-state index in [4.69, 9.17) is 5.11 Å². The van der Waals surface area contributed by atoms with Crippen LogP contribution in [-0.4, -0.2) is 35.5 Å². The van der Waals surface area contributed by atoms with E-state index in [1.54, 1.807) is 11.9 Å². The van der Waals surface area contributed by atoms with E-state index in [0.29, 0.717) is 17.8 Å². The molecule has 1 N–H and O–H groups in total. The standard InChI is InChI=1S/C17H19NO3S/c1-12-5-7-13(8-6-12)14-9-11-22-16(14)17(21)18(2)10-3-4-15(19)20/h5-9,11H,3-4,10H2,1-2H3,(H,19,20). The van der Waals surface area contributed by atoms with Crippen LogP contribution in [0.15, 0.2) is 35.7 Å². The van der Waals surface area contributed by atoms with Gasteiger partial charge in [-0.2, -0.15) is 0 Å². The second-order valence-electron chi connectivity index (χ2n) is 5.25. The number of carboxylic acid groups (broad SMARTS) is 1. The summed E-state index contributed by atoms with van der Waals surface area (Å²) < 4.78 is 0. The molecule has 0 fully saturated rings. The van der Waals surface area contributed by atoms with Gasteiger partial charge in [0.1, 0.15) is 0 Å². The van der Waals surface area contributed by atoms with Crippen molar-refractivity contribution in [2.75, 3.05) is 13.6 Å². The van der Waals surface area contributed by atoms with Gasteiger partial charge in [-0.15, -0.1) is 11.3 Å². The molecular formula is C17H19NO3S. The number of benzene rings is 1. The van der Waals surface area contributed by atoms with Gasteiger partial charge in [-0.1, -0.05) is 29.8 Å². The van der Waals surface area contributed by atoms with E-state index < -0.39 is 5.97 Å². The highest BCUT2D eigenvalue weighted by molar-refractivity contribution is 7.12. The number of carbonyl (C=O) groups excluding carboxylic acids is 1. The molecule has 2 rings (SSSR count). The predicted octanol–water partition coefficient (Wildman–Crippen LogP) is 3.66. The maximum atomic E-state index is 12.5. The highest BCUT2D eigenvalue weighted by Gasteiger charge is 2.18. The first kappa shape index (κ1) is 16.2. The highest BCUT2D eigenvalue weighted by Crippen LogP contribution is 2.29. The zero-order chi connectivity index (χ0) is 16.1. The number of aryl methyl sites for hydroxylation is 1. The summed E-state index contributed by atoms with van der Waals surface area (Å²) in [5.74, 6) is -0.895. The Kier molecular flexibility index (Phi) is 5.33. The second kappa shape index (κ2) is 7.22. The number of carboxylic acids is 1. The number of aliphatic carboxylic acids is 1. The number of hydrogen-bond donors (Lipinski definition) is 1. The number of hydrogen-bond acceptors (Lipinski definition) is 3. The van der Waals surface area contributed by atoms with Crippen LogP contribution in [0, 0.1) is 6.92 Å². The van der Waals surface area contributed by atoms with Crippen LogP contribution in [0.4, 0.5) is 0 Å². The smallest absolute Gasteiger partial charge is 0.303 e. The van der Waals surface area contributed by atoms with Gasteiger partial charge < -0.3 is 10.0 Å². The molecule has 0 unspecified atom stereocenters. The van der Waals surface area contributed by atoms with Crippen molar-refractivity contribution in [1.82, 2.24) is 4.90 Å². The SMILES string of the molecule is Cc1ccc(-c2ccsc2C(=O)N(C)CCCC(=O)O)cc1. The van der Waals surface area contributed by atoms with E-state index >= 15 is 0 Å². The lowest BCUT2D eigenvalue weighted by Gasteiger charge is -2.16. The Balaban J connectivity index is 2.12. The van der Waals surface area contributed by atoms with Crippen LogP contribution < -0.4 is 0 Å². The molecule has 0 aliphatic carbocycles. The molecule has 116 valence electrons. The summed E-state index contributed by atoms with van der Waals surface area (Å²) in [6.07, 6.45) is 0.537. The fourth-order valence-electron chi connectivity index (χ4n) is 2.18. The van der Waals surface area contributed by atoms with Gasteiger partial charge in [0, 0.05) is 25.6 Å². The van der Waals surface area contributed by atoms with E-state index in [-0.39, 0.29) is 12.3 Å². The molecule has 4 nitrogen and oxygen atoms in total. The van der Waals surface area contributed by atoms with Crippen LogP contribution in [0.2, 0.25) is 0 Å². The monoisotopic (exact) mass is 317 g/mol. The van der Waals surface area contributed by atoms with Crippen LogP contribution in [0.1, 0.15) is 28.1 Å². The first-order chi connectivity index (χ1) is 10.5. The minimum absolute atomic E-state index is 0.0593. The zero-order valence-corrected chi connectivity index (χ0v) is 13.5. The molecule has 0 aliphatic rings. The van der Waals surface area contributed by atoms with Gasteiger partial charge in [0.15, 0.2) is 0 Å². The summed E-state index contributed by atoms with van der Waals surface area (Å²) in [6.45, 7) is 2.47. The Morgan fingerprint density at radius 1 is 1.18 bits per heavy atom. The fourth-order valence-corrected chi connectivity index (χ4v) is 3.09. The van der Waals surface area contributed by atoms with Gasteiger partial charge in [0.25, 0.3) is 5.91 Å². The van der Waals surface area contributed by atoms with Crippen molar-refractivity contribution in [3.8, 4) is 11.1 Å². The van der Waals surface area contributed by atoms with E-state index in [2.05, 4.69) is 0 Å². The Labute approximate surface area is 134 Å². The molecule has 0 bridgehead atoms. The van der Waals surface area contributed by atoms with Gasteiger partial charge in [0.05, 0.1) is 4.88 Å². The Hall–Kier alpha value is -2.14. The summed E-state index contributed by atoms with van der Waals surface area (Å²) in [5.41, 5.74) is 3.13. The number of nitrogens with zero attached hydrogens (tertiary/aromatic N) is 1. The highest BCUT2D eigenvalue weighted by atomic mass is 32.1. The average molecular weight is 317 g/mol. The third-order valence-corrected chi connectivity index (χ3v) is 4.36. The van der Waals surface area contributed by atoms with E-state index in [1.807, 2.05) is 42.6 Å². The largest absolute Gasteiger partial charge is 0.481 e. The molecule has 1 heterocycles. The lowest BCUT2D eigenvalue weighted by Crippen LogP contribution is -2.27. The number of carbonyl (C=O) groups is 2. The Bertz CT molecular complexity index is 661. The molecule has 0 saturated heterocycles. The topological polar surface area (TPSA) is 57.6 Å². The third-order valence-electron chi connectivity index (χ3n) is 3.45. The van der Waals surface area contributed by atoms with Crippen LogP contribution in [0.25, 0.3) is 11.1 Å². The molecule has 0 saturated carbocycles. The van der Waals surface area contributed by atoms with Crippen LogP contribution in [0.3, 0.4) is 0 Å². The quantitative estimate of drug-likeness (QED) is 0.884. The number of rotatable bonds is 6. The maximum absolute atomic E-state index is 12.5. The average Bonchev–Trinajstić information content (AvgIpc) is 2.96. The molecule has 1 amide bonds. The van der Waals surface area contributed by atoms with Crippen molar-refractivity contribution in [2.24, 2.45) is 0 Å². The summed E-state index contributed by atoms with van der Waals surface area (Å²) >= 11 is 1.42. The molecule has 5 heteroatoms. The molecular weight excluding hydrogens is 298 g/mol. The Morgan fingerprint density at radius 3 is 2.50 bits per heavy atom. The van der Waals surface area contributed by atoms with Crippen molar-refractivity contribution in [3.05, 3.63) is 46.2 Å². The third kappa shape index (κ3) is 3.95. The molecule has 1 aromatic heterocycles.